The molecule has 2 N–H and O–H groups in total. The lowest BCUT2D eigenvalue weighted by molar-refractivity contribution is 0.0693. The van der Waals surface area contributed by atoms with E-state index in [1.807, 2.05) is 18.2 Å². The van der Waals surface area contributed by atoms with Gasteiger partial charge in [0, 0.05) is 23.1 Å². The summed E-state index contributed by atoms with van der Waals surface area (Å²) in [6.07, 6.45) is 1.92. The summed E-state index contributed by atoms with van der Waals surface area (Å²) in [7, 11) is 0. The van der Waals surface area contributed by atoms with Crippen molar-refractivity contribution in [3.05, 3.63) is 81.3 Å². The van der Waals surface area contributed by atoms with Crippen LogP contribution in [-0.2, 0) is 13.0 Å². The average Bonchev–Trinajstić information content (AvgIpc) is 3.33. The van der Waals surface area contributed by atoms with Gasteiger partial charge in [0.25, 0.3) is 5.91 Å². The smallest absolute Gasteiger partial charge is 0.341 e. The van der Waals surface area contributed by atoms with Gasteiger partial charge in [-0.05, 0) is 36.2 Å². The highest BCUT2D eigenvalue weighted by Crippen LogP contribution is 2.27. The molecule has 0 bridgehead atoms. The fourth-order valence-electron chi connectivity index (χ4n) is 3.98. The summed E-state index contributed by atoms with van der Waals surface area (Å²) in [6, 6.07) is 11.7. The highest BCUT2D eigenvalue weighted by Gasteiger charge is 2.27. The van der Waals surface area contributed by atoms with Crippen LogP contribution in [0.4, 0.5) is 0 Å². The second kappa shape index (κ2) is 7.21. The molecule has 3 heterocycles. The van der Waals surface area contributed by atoms with E-state index in [2.05, 4.69) is 15.4 Å². The fraction of sp³-hybridized carbons (Fsp3) is 0.136. The van der Waals surface area contributed by atoms with Crippen molar-refractivity contribution in [3.63, 3.8) is 0 Å². The maximum atomic E-state index is 13.2. The Morgan fingerprint density at radius 1 is 1.13 bits per heavy atom. The molecule has 5 rings (SSSR count). The Labute approximate surface area is 174 Å². The molecule has 9 heteroatoms. The minimum atomic E-state index is -1.13. The molecule has 1 aliphatic rings. The van der Waals surface area contributed by atoms with Crippen molar-refractivity contribution in [2.75, 3.05) is 6.54 Å². The number of carbonyl (C=O) groups excluding carboxylic acids is 1. The van der Waals surface area contributed by atoms with E-state index in [4.69, 9.17) is 4.42 Å². The number of hydrogen-bond donors (Lipinski definition) is 2. The van der Waals surface area contributed by atoms with E-state index in [1.165, 1.54) is 24.4 Å². The van der Waals surface area contributed by atoms with E-state index in [-0.39, 0.29) is 23.6 Å². The highest BCUT2D eigenvalue weighted by molar-refractivity contribution is 6.00. The third-order valence-corrected chi connectivity index (χ3v) is 5.48. The molecule has 0 radical (unpaired) electrons. The number of nitrogens with zero attached hydrogens (tertiary/aromatic N) is 3. The normalized spacial score (nSPS) is 13.2. The first kappa shape index (κ1) is 18.7. The van der Waals surface area contributed by atoms with Crippen LogP contribution in [0, 0.1) is 0 Å². The van der Waals surface area contributed by atoms with Gasteiger partial charge in [-0.25, -0.2) is 9.59 Å². The van der Waals surface area contributed by atoms with Gasteiger partial charge in [0.05, 0.1) is 23.9 Å². The molecule has 0 saturated heterocycles. The van der Waals surface area contributed by atoms with Gasteiger partial charge in [0.15, 0.2) is 0 Å². The summed E-state index contributed by atoms with van der Waals surface area (Å²) in [5.74, 6) is -1.44. The molecule has 0 unspecified atom stereocenters. The van der Waals surface area contributed by atoms with Crippen molar-refractivity contribution in [2.24, 2.45) is 0 Å². The van der Waals surface area contributed by atoms with Crippen molar-refractivity contribution in [3.8, 4) is 11.3 Å². The number of rotatable bonds is 3. The van der Waals surface area contributed by atoms with Gasteiger partial charge in [0.2, 0.25) is 0 Å². The number of fused-ring (bicyclic) bond motifs is 3. The van der Waals surface area contributed by atoms with Gasteiger partial charge >= 0.3 is 11.6 Å². The molecular formula is C22H16N4O5. The molecule has 1 amide bonds. The van der Waals surface area contributed by atoms with Crippen LogP contribution in [-0.4, -0.2) is 43.8 Å². The van der Waals surface area contributed by atoms with Crippen molar-refractivity contribution in [1.29, 1.82) is 0 Å². The second-order valence-electron chi connectivity index (χ2n) is 7.24. The molecule has 4 aromatic rings. The van der Waals surface area contributed by atoms with Crippen LogP contribution < -0.4 is 5.63 Å². The van der Waals surface area contributed by atoms with Gasteiger partial charge in [-0.1, -0.05) is 18.2 Å². The van der Waals surface area contributed by atoms with E-state index < -0.39 is 11.6 Å². The maximum Gasteiger partial charge on any atom is 0.341 e. The van der Waals surface area contributed by atoms with Crippen molar-refractivity contribution < 1.29 is 19.1 Å². The first-order valence-electron chi connectivity index (χ1n) is 9.59. The van der Waals surface area contributed by atoms with Crippen LogP contribution in [0.5, 0.6) is 0 Å². The molecule has 2 aromatic heterocycles. The van der Waals surface area contributed by atoms with E-state index in [9.17, 15) is 19.5 Å². The molecule has 1 aliphatic heterocycles. The SMILES string of the molecule is O=C(O)c1ccc(C(=O)N2CCc3c(c(=O)oc4ccccc34)C2)cc1-c1cn[nH]n1. The number of aromatic nitrogens is 3. The minimum Gasteiger partial charge on any atom is -0.478 e. The van der Waals surface area contributed by atoms with Crippen molar-refractivity contribution in [2.45, 2.75) is 13.0 Å². The number of carboxylic acid groups (broad SMARTS) is 1. The summed E-state index contributed by atoms with van der Waals surface area (Å²) in [5.41, 5.74) is 2.39. The number of benzene rings is 2. The number of H-pyrrole nitrogens is 1. The quantitative estimate of drug-likeness (QED) is 0.491. The molecule has 31 heavy (non-hydrogen) atoms. The molecule has 154 valence electrons. The third-order valence-electron chi connectivity index (χ3n) is 5.48. The first-order chi connectivity index (χ1) is 15.0. The Hall–Kier alpha value is -4.27. The molecule has 0 fully saturated rings. The van der Waals surface area contributed by atoms with E-state index >= 15 is 0 Å². The average molecular weight is 416 g/mol. The Bertz CT molecular complexity index is 1390. The Morgan fingerprint density at radius 3 is 2.74 bits per heavy atom. The number of aromatic carboxylic acids is 1. The van der Waals surface area contributed by atoms with Crippen LogP contribution in [0.3, 0.4) is 0 Å². The number of hydrogen-bond acceptors (Lipinski definition) is 6. The van der Waals surface area contributed by atoms with Gasteiger partial charge in [0.1, 0.15) is 11.3 Å². The summed E-state index contributed by atoms with van der Waals surface area (Å²) < 4.78 is 5.43. The van der Waals surface area contributed by atoms with Gasteiger partial charge < -0.3 is 14.4 Å². The zero-order valence-corrected chi connectivity index (χ0v) is 16.2. The molecule has 0 aliphatic carbocycles. The topological polar surface area (TPSA) is 129 Å². The first-order valence-corrected chi connectivity index (χ1v) is 9.59. The number of aromatic amines is 1. The standard InChI is InChI=1S/C22H16N4O5/c27-20(12-5-6-15(21(28)29)16(9-12)18-10-23-25-24-18)26-8-7-13-14-3-1-2-4-19(14)31-22(30)17(13)11-26/h1-6,9-10H,7-8,11H2,(H,28,29)(H,23,24,25). The summed E-state index contributed by atoms with van der Waals surface area (Å²) in [4.78, 5) is 38.9. The third kappa shape index (κ3) is 3.16. The van der Waals surface area contributed by atoms with Crippen LogP contribution in [0.1, 0.15) is 31.8 Å². The lowest BCUT2D eigenvalue weighted by atomic mass is 9.96. The minimum absolute atomic E-state index is 0.0153. The fourth-order valence-corrected chi connectivity index (χ4v) is 3.98. The Balaban J connectivity index is 1.51. The zero-order valence-electron chi connectivity index (χ0n) is 16.2. The highest BCUT2D eigenvalue weighted by atomic mass is 16.4. The van der Waals surface area contributed by atoms with Gasteiger partial charge in [-0.3, -0.25) is 4.79 Å². The monoisotopic (exact) mass is 416 g/mol. The number of nitrogens with one attached hydrogen (secondary N) is 1. The second-order valence-corrected chi connectivity index (χ2v) is 7.24. The number of carbonyl (C=O) groups is 2. The molecule has 0 atom stereocenters. The number of carboxylic acids is 1. The summed E-state index contributed by atoms with van der Waals surface area (Å²) in [6.45, 7) is 0.556. The number of para-hydroxylation sites is 1. The lowest BCUT2D eigenvalue weighted by Gasteiger charge is -2.28. The maximum absolute atomic E-state index is 13.2. The van der Waals surface area contributed by atoms with Crippen LogP contribution in [0.15, 0.2) is 57.9 Å². The lowest BCUT2D eigenvalue weighted by Crippen LogP contribution is -2.38. The van der Waals surface area contributed by atoms with E-state index in [0.717, 1.165) is 10.9 Å². The van der Waals surface area contributed by atoms with Crippen molar-refractivity contribution >= 4 is 22.8 Å². The summed E-state index contributed by atoms with van der Waals surface area (Å²) >= 11 is 0. The Kier molecular flexibility index (Phi) is 4.36. The van der Waals surface area contributed by atoms with E-state index in [1.54, 1.807) is 11.0 Å². The molecule has 9 nitrogen and oxygen atoms in total. The predicted octanol–water partition coefficient (Wildman–Crippen LogP) is 2.47. The predicted molar refractivity (Wildman–Crippen MR) is 110 cm³/mol. The van der Waals surface area contributed by atoms with Crippen LogP contribution in [0.2, 0.25) is 0 Å². The van der Waals surface area contributed by atoms with Gasteiger partial charge in [-0.15, -0.1) is 0 Å². The molecule has 0 saturated carbocycles. The van der Waals surface area contributed by atoms with Crippen molar-refractivity contribution in [1.82, 2.24) is 20.3 Å². The molecule has 0 spiro atoms. The van der Waals surface area contributed by atoms with E-state index in [0.29, 0.717) is 35.4 Å². The van der Waals surface area contributed by atoms with Crippen LogP contribution in [0.25, 0.3) is 22.2 Å². The van der Waals surface area contributed by atoms with Gasteiger partial charge in [-0.2, -0.15) is 15.4 Å². The summed E-state index contributed by atoms with van der Waals surface area (Å²) in [5, 5.41) is 20.4. The molecular weight excluding hydrogens is 400 g/mol. The Morgan fingerprint density at radius 2 is 1.97 bits per heavy atom. The zero-order chi connectivity index (χ0) is 21.5. The number of amides is 1. The molecule has 2 aromatic carbocycles. The van der Waals surface area contributed by atoms with Crippen LogP contribution >= 0.6 is 0 Å². The largest absolute Gasteiger partial charge is 0.478 e.